The van der Waals surface area contributed by atoms with Gasteiger partial charge in [0.1, 0.15) is 0 Å². The van der Waals surface area contributed by atoms with Gasteiger partial charge in [0.25, 0.3) is 0 Å². The van der Waals surface area contributed by atoms with Crippen molar-refractivity contribution >= 4 is 65.7 Å². The molecule has 0 aliphatic heterocycles. The van der Waals surface area contributed by atoms with Crippen LogP contribution in [-0.4, -0.2) is 5.78 Å². The summed E-state index contributed by atoms with van der Waals surface area (Å²) < 4.78 is 0. The second kappa shape index (κ2) is 20.0. The third-order valence-electron chi connectivity index (χ3n) is 1.18. The third-order valence-corrected chi connectivity index (χ3v) is 1.18. The number of Topliss-reactive ketones (excluding diaryl/α,β-unsaturated/α-hetero) is 1. The average molecular weight is 612 g/mol. The number of rotatable bonds is 1. The van der Waals surface area contributed by atoms with Crippen LogP contribution >= 0.6 is 59.9 Å². The molecule has 0 saturated heterocycles. The first kappa shape index (κ1) is 23.7. The zero-order chi connectivity index (χ0) is 14.3. The molecule has 0 N–H and O–H groups in total. The van der Waals surface area contributed by atoms with Crippen LogP contribution in [0, 0.1) is 0 Å². The van der Waals surface area contributed by atoms with Gasteiger partial charge in [-0.1, -0.05) is 58.0 Å². The van der Waals surface area contributed by atoms with E-state index < -0.39 is 0 Å². The average Bonchev–Trinajstić information content (AvgIpc) is 2.34. The maximum absolute atomic E-state index is 10.6. The predicted octanol–water partition coefficient (Wildman–Crippen LogP) is 6.60. The summed E-state index contributed by atoms with van der Waals surface area (Å²) in [6, 6.07) is 9.23. The van der Waals surface area contributed by atoms with E-state index in [0.717, 1.165) is 5.56 Å². The van der Waals surface area contributed by atoms with Crippen molar-refractivity contribution in [2.45, 2.75) is 34.6 Å². The minimum absolute atomic E-state index is 0.121. The molecule has 1 nitrogen and oxygen atoms in total. The normalized spacial score (nSPS) is 7.59. The predicted molar refractivity (Wildman–Crippen MR) is 101 cm³/mol. The van der Waals surface area contributed by atoms with Gasteiger partial charge in [0.2, 0.25) is 0 Å². The molecule has 0 unspecified atom stereocenters. The van der Waals surface area contributed by atoms with E-state index in [-0.39, 0.29) is 10.7 Å². The van der Waals surface area contributed by atoms with Crippen LogP contribution < -0.4 is 0 Å². The molecule has 5 heteroatoms. The van der Waals surface area contributed by atoms with Crippen molar-refractivity contribution in [2.75, 3.05) is 0 Å². The fraction of sp³-hybridized carbons (Fsp3) is 0.417. The summed E-state index contributed by atoms with van der Waals surface area (Å²) in [5.41, 5.74) is 0.775. The Kier molecular flexibility index (Phi) is 27.9. The Hall–Kier alpha value is 1.66. The second-order valence-corrected chi connectivity index (χ2v) is 37.5. The number of halogens is 3. The molecule has 0 amide bonds. The summed E-state index contributed by atoms with van der Waals surface area (Å²) in [4.78, 5) is 10.4. The molecule has 0 bridgehead atoms. The van der Waals surface area contributed by atoms with E-state index >= 15 is 0 Å². The van der Waals surface area contributed by atoms with Crippen LogP contribution in [0.3, 0.4) is 0 Å². The van der Waals surface area contributed by atoms with Crippen LogP contribution in [-0.2, 0) is 4.92 Å². The fourth-order valence-electron chi connectivity index (χ4n) is 0.673. The van der Waals surface area contributed by atoms with Crippen LogP contribution in [0.2, 0.25) is 0 Å². The molecule has 0 saturated carbocycles. The van der Waals surface area contributed by atoms with E-state index in [1.54, 1.807) is 6.92 Å². The Bertz CT molecular complexity index is 250. The summed E-state index contributed by atoms with van der Waals surface area (Å²) in [6.07, 6.45) is 0. The third kappa shape index (κ3) is 23.2. The van der Waals surface area contributed by atoms with E-state index in [0.29, 0.717) is 0 Å². The van der Waals surface area contributed by atoms with E-state index in [4.69, 9.17) is 0 Å². The van der Waals surface area contributed by atoms with E-state index in [1.807, 2.05) is 58.0 Å². The molecular formula is C12H20I3OV. The molecule has 0 aliphatic carbocycles. The zero-order valence-electron chi connectivity index (χ0n) is 10.9. The van der Waals surface area contributed by atoms with E-state index in [1.165, 1.54) is 0 Å². The SMILES string of the molecule is CC.CC.CC(=O)c1ccccc1.[I][V]([I])[I]. The Labute approximate surface area is 144 Å². The Balaban J connectivity index is -0.000000208. The molecule has 0 radical (unpaired) electrons. The quantitative estimate of drug-likeness (QED) is 0.259. The number of hydrogen-bond acceptors (Lipinski definition) is 1. The van der Waals surface area contributed by atoms with Crippen molar-refractivity contribution in [1.82, 2.24) is 0 Å². The number of carbonyl (C=O) groups excluding carboxylic acids is 1. The van der Waals surface area contributed by atoms with Crippen molar-refractivity contribution in [3.8, 4) is 0 Å². The summed E-state index contributed by atoms with van der Waals surface area (Å²) in [5, 5.41) is 0. The number of carbonyl (C=O) groups is 1. The first-order chi connectivity index (χ1) is 8.04. The maximum atomic E-state index is 10.6. The Morgan fingerprint density at radius 3 is 1.41 bits per heavy atom. The van der Waals surface area contributed by atoms with Crippen molar-refractivity contribution in [2.24, 2.45) is 0 Å². The van der Waals surface area contributed by atoms with Gasteiger partial charge in [0, 0.05) is 5.56 Å². The van der Waals surface area contributed by atoms with Crippen molar-refractivity contribution in [3.63, 3.8) is 0 Å². The Morgan fingerprint density at radius 2 is 1.24 bits per heavy atom. The molecular weight excluding hydrogens is 592 g/mol. The minimum atomic E-state index is -0.278. The summed E-state index contributed by atoms with van der Waals surface area (Å²) in [6.45, 7) is 9.56. The van der Waals surface area contributed by atoms with E-state index in [2.05, 4.69) is 59.9 Å². The zero-order valence-corrected chi connectivity index (χ0v) is 18.7. The Morgan fingerprint density at radius 1 is 0.941 bits per heavy atom. The van der Waals surface area contributed by atoms with Gasteiger partial charge in [0.05, 0.1) is 0 Å². The van der Waals surface area contributed by atoms with Crippen molar-refractivity contribution in [3.05, 3.63) is 35.9 Å². The molecule has 100 valence electrons. The second-order valence-electron chi connectivity index (χ2n) is 2.11. The van der Waals surface area contributed by atoms with E-state index in [9.17, 15) is 4.79 Å². The van der Waals surface area contributed by atoms with Crippen LogP contribution in [0.25, 0.3) is 0 Å². The molecule has 0 atom stereocenters. The van der Waals surface area contributed by atoms with Crippen molar-refractivity contribution < 1.29 is 9.72 Å². The molecule has 0 aromatic heterocycles. The number of hydrogen-bond donors (Lipinski definition) is 0. The van der Waals surface area contributed by atoms with Gasteiger partial charge in [-0.3, -0.25) is 4.79 Å². The molecule has 0 heterocycles. The van der Waals surface area contributed by atoms with Gasteiger partial charge >= 0.3 is 64.9 Å². The van der Waals surface area contributed by atoms with Gasteiger partial charge in [0.15, 0.2) is 5.78 Å². The standard InChI is InChI=1S/C8H8O.2C2H6.3HI.V/c1-7(9)8-5-3-2-4-6-8;2*1-2;;;;/h2-6H,1H3;2*1-2H3;3*1H;/q;;;;;;+3/p-3. The van der Waals surface area contributed by atoms with Crippen molar-refractivity contribution in [1.29, 1.82) is 0 Å². The van der Waals surface area contributed by atoms with Gasteiger partial charge in [-0.25, -0.2) is 0 Å². The molecule has 1 aromatic carbocycles. The molecule has 0 spiro atoms. The summed E-state index contributed by atoms with van der Waals surface area (Å²) in [5.74, 6) is 0.121. The first-order valence-corrected chi connectivity index (χ1v) is 18.9. The van der Waals surface area contributed by atoms with Crippen LogP contribution in [0.4, 0.5) is 0 Å². The van der Waals surface area contributed by atoms with Gasteiger partial charge in [-0.15, -0.1) is 0 Å². The molecule has 1 rings (SSSR count). The molecule has 1 aromatic rings. The van der Waals surface area contributed by atoms with Crippen LogP contribution in [0.15, 0.2) is 30.3 Å². The fourth-order valence-corrected chi connectivity index (χ4v) is 0.673. The van der Waals surface area contributed by atoms with Crippen LogP contribution in [0.1, 0.15) is 45.0 Å². The molecule has 17 heavy (non-hydrogen) atoms. The number of benzene rings is 1. The van der Waals surface area contributed by atoms with Gasteiger partial charge in [-0.2, -0.15) is 0 Å². The summed E-state index contributed by atoms with van der Waals surface area (Å²) >= 11 is 7.39. The van der Waals surface area contributed by atoms with Crippen LogP contribution in [0.5, 0.6) is 0 Å². The number of ketones is 1. The van der Waals surface area contributed by atoms with Gasteiger partial charge in [-0.05, 0) is 6.92 Å². The first-order valence-electron chi connectivity index (χ1n) is 5.37. The topological polar surface area (TPSA) is 17.1 Å². The molecule has 0 fully saturated rings. The monoisotopic (exact) mass is 612 g/mol. The molecule has 0 aliphatic rings. The van der Waals surface area contributed by atoms with Gasteiger partial charge < -0.3 is 0 Å². The summed E-state index contributed by atoms with van der Waals surface area (Å²) in [7, 11) is 0.